The number of imidazole rings is 1. The van der Waals surface area contributed by atoms with Crippen LogP contribution in [0.4, 0.5) is 8.78 Å². The van der Waals surface area contributed by atoms with Crippen molar-refractivity contribution in [2.75, 3.05) is 7.11 Å². The third-order valence-electron chi connectivity index (χ3n) is 3.25. The second-order valence-corrected chi connectivity index (χ2v) is 4.96. The van der Waals surface area contributed by atoms with Gasteiger partial charge in [-0.05, 0) is 18.9 Å². The lowest BCUT2D eigenvalue weighted by Gasteiger charge is -2.13. The summed E-state index contributed by atoms with van der Waals surface area (Å²) in [5.74, 6) is 0.251. The molecule has 1 atom stereocenters. The van der Waals surface area contributed by atoms with Gasteiger partial charge in [0.25, 0.3) is 6.43 Å². The molecule has 0 N–H and O–H groups in total. The number of methoxy groups -OCH3 is 1. The van der Waals surface area contributed by atoms with E-state index in [-0.39, 0.29) is 17.6 Å². The Morgan fingerprint density at radius 2 is 1.89 bits per heavy atom. The van der Waals surface area contributed by atoms with Gasteiger partial charge >= 0.3 is 0 Å². The number of aromatic nitrogens is 2. The average Bonchev–Trinajstić information content (AvgIpc) is 2.80. The second kappa shape index (κ2) is 5.25. The van der Waals surface area contributed by atoms with Gasteiger partial charge in [0.15, 0.2) is 0 Å². The summed E-state index contributed by atoms with van der Waals surface area (Å²) in [5.41, 5.74) is 2.24. The highest BCUT2D eigenvalue weighted by Gasteiger charge is 2.18. The number of fused-ring (bicyclic) bond motifs is 1. The highest BCUT2D eigenvalue weighted by atomic mass is 19.3. The molecule has 5 heteroatoms. The largest absolute Gasteiger partial charge is 0.377 e. The van der Waals surface area contributed by atoms with E-state index in [2.05, 4.69) is 4.98 Å². The van der Waals surface area contributed by atoms with Crippen LogP contribution in [0.5, 0.6) is 0 Å². The molecule has 2 aromatic rings. The van der Waals surface area contributed by atoms with Gasteiger partial charge < -0.3 is 9.14 Å². The molecule has 2 heterocycles. The second-order valence-electron chi connectivity index (χ2n) is 4.96. The Hall–Kier alpha value is -1.49. The summed E-state index contributed by atoms with van der Waals surface area (Å²) in [5, 5.41) is 0. The molecule has 0 aliphatic heterocycles. The van der Waals surface area contributed by atoms with Gasteiger partial charge in [0, 0.05) is 30.6 Å². The number of rotatable bonds is 4. The van der Waals surface area contributed by atoms with Crippen LogP contribution in [0.15, 0.2) is 18.5 Å². The zero-order valence-electron chi connectivity index (χ0n) is 11.5. The monoisotopic (exact) mass is 268 g/mol. The topological polar surface area (TPSA) is 26.5 Å². The van der Waals surface area contributed by atoms with Crippen LogP contribution >= 0.6 is 0 Å². The van der Waals surface area contributed by atoms with E-state index in [4.69, 9.17) is 4.74 Å². The first-order valence-electron chi connectivity index (χ1n) is 6.27. The van der Waals surface area contributed by atoms with Crippen molar-refractivity contribution >= 4 is 5.65 Å². The molecule has 0 saturated carbocycles. The minimum atomic E-state index is -2.50. The Morgan fingerprint density at radius 3 is 2.42 bits per heavy atom. The Balaban J connectivity index is 2.67. The lowest BCUT2D eigenvalue weighted by Crippen LogP contribution is -2.02. The fourth-order valence-electron chi connectivity index (χ4n) is 1.99. The van der Waals surface area contributed by atoms with Gasteiger partial charge in [-0.1, -0.05) is 13.8 Å². The summed E-state index contributed by atoms with van der Waals surface area (Å²) in [6.45, 7) is 5.87. The summed E-state index contributed by atoms with van der Waals surface area (Å²) in [6, 6.07) is 1.48. The number of pyridine rings is 1. The first-order chi connectivity index (χ1) is 8.93. The van der Waals surface area contributed by atoms with Gasteiger partial charge in [-0.15, -0.1) is 0 Å². The minimum Gasteiger partial charge on any atom is -0.377 e. The molecule has 19 heavy (non-hydrogen) atoms. The molecule has 0 saturated heterocycles. The molecular weight excluding hydrogens is 250 g/mol. The van der Waals surface area contributed by atoms with E-state index in [1.165, 1.54) is 12.3 Å². The predicted molar refractivity (Wildman–Crippen MR) is 69.7 cm³/mol. The van der Waals surface area contributed by atoms with Crippen LogP contribution < -0.4 is 0 Å². The van der Waals surface area contributed by atoms with Crippen molar-refractivity contribution in [3.8, 4) is 0 Å². The maximum absolute atomic E-state index is 12.9. The van der Waals surface area contributed by atoms with Crippen molar-refractivity contribution < 1.29 is 13.5 Å². The predicted octanol–water partition coefficient (Wildman–Crippen LogP) is 4.10. The molecule has 0 aromatic carbocycles. The van der Waals surface area contributed by atoms with E-state index in [0.29, 0.717) is 11.2 Å². The molecule has 2 rings (SSSR count). The zero-order valence-corrected chi connectivity index (χ0v) is 11.5. The van der Waals surface area contributed by atoms with Crippen LogP contribution in [0.3, 0.4) is 0 Å². The fraction of sp³-hybridized carbons (Fsp3) is 0.500. The summed E-state index contributed by atoms with van der Waals surface area (Å²) in [7, 11) is 1.56. The third kappa shape index (κ3) is 2.61. The molecular formula is C14H18F2N2O. The number of ether oxygens (including phenoxy) is 1. The van der Waals surface area contributed by atoms with Crippen molar-refractivity contribution in [2.45, 2.75) is 39.2 Å². The first kappa shape index (κ1) is 13.9. The molecule has 0 aliphatic rings. The number of alkyl halides is 2. The van der Waals surface area contributed by atoms with Crippen LogP contribution in [0.1, 0.15) is 56.0 Å². The van der Waals surface area contributed by atoms with Gasteiger partial charge in [-0.3, -0.25) is 0 Å². The Labute approximate surface area is 111 Å². The molecule has 104 valence electrons. The lowest BCUT2D eigenvalue weighted by atomic mass is 10.1. The van der Waals surface area contributed by atoms with Crippen LogP contribution in [0, 0.1) is 0 Å². The number of halogens is 2. The van der Waals surface area contributed by atoms with E-state index in [0.717, 1.165) is 5.69 Å². The number of hydrogen-bond acceptors (Lipinski definition) is 2. The highest BCUT2D eigenvalue weighted by molar-refractivity contribution is 5.52. The van der Waals surface area contributed by atoms with Gasteiger partial charge in [0.05, 0.1) is 11.8 Å². The summed E-state index contributed by atoms with van der Waals surface area (Å²) < 4.78 is 32.8. The quantitative estimate of drug-likeness (QED) is 0.834. The van der Waals surface area contributed by atoms with Crippen LogP contribution in [-0.2, 0) is 4.74 Å². The third-order valence-corrected chi connectivity index (χ3v) is 3.25. The summed E-state index contributed by atoms with van der Waals surface area (Å²) >= 11 is 0. The van der Waals surface area contributed by atoms with E-state index in [1.807, 2.05) is 20.8 Å². The average molecular weight is 268 g/mol. The van der Waals surface area contributed by atoms with E-state index < -0.39 is 6.43 Å². The molecule has 0 spiro atoms. The van der Waals surface area contributed by atoms with Crippen LogP contribution in [-0.4, -0.2) is 16.5 Å². The molecule has 1 unspecified atom stereocenters. The van der Waals surface area contributed by atoms with E-state index >= 15 is 0 Å². The van der Waals surface area contributed by atoms with E-state index in [1.54, 1.807) is 17.7 Å². The molecule has 3 nitrogen and oxygen atoms in total. The molecule has 0 aliphatic carbocycles. The standard InChI is InChI=1S/C14H18F2N2O/c1-8(2)12-7-18-6-10(13(15)16)5-11(9(3)19-4)14(18)17-12/h5-9,13H,1-4H3. The zero-order chi connectivity index (χ0) is 14.2. The molecule has 0 bridgehead atoms. The summed E-state index contributed by atoms with van der Waals surface area (Å²) in [6.07, 6.45) is 0.461. The summed E-state index contributed by atoms with van der Waals surface area (Å²) in [4.78, 5) is 4.52. The first-order valence-corrected chi connectivity index (χ1v) is 6.27. The van der Waals surface area contributed by atoms with Crippen LogP contribution in [0.2, 0.25) is 0 Å². The Morgan fingerprint density at radius 1 is 1.21 bits per heavy atom. The Kier molecular flexibility index (Phi) is 3.85. The fourth-order valence-corrected chi connectivity index (χ4v) is 1.99. The van der Waals surface area contributed by atoms with Crippen molar-refractivity contribution in [3.05, 3.63) is 35.3 Å². The lowest BCUT2D eigenvalue weighted by molar-refractivity contribution is 0.119. The highest BCUT2D eigenvalue weighted by Crippen LogP contribution is 2.28. The maximum Gasteiger partial charge on any atom is 0.265 e. The van der Waals surface area contributed by atoms with Gasteiger partial charge in [-0.25, -0.2) is 13.8 Å². The number of hydrogen-bond donors (Lipinski definition) is 0. The van der Waals surface area contributed by atoms with Crippen molar-refractivity contribution in [1.29, 1.82) is 0 Å². The van der Waals surface area contributed by atoms with Gasteiger partial charge in [-0.2, -0.15) is 0 Å². The van der Waals surface area contributed by atoms with Gasteiger partial charge in [0.1, 0.15) is 5.65 Å². The van der Waals surface area contributed by atoms with Crippen molar-refractivity contribution in [1.82, 2.24) is 9.38 Å². The maximum atomic E-state index is 12.9. The SMILES string of the molecule is COC(C)c1cc(C(F)F)cn2cc(C(C)C)nc12. The molecule has 0 amide bonds. The minimum absolute atomic E-state index is 0.0147. The number of nitrogens with zero attached hydrogens (tertiary/aromatic N) is 2. The van der Waals surface area contributed by atoms with Crippen molar-refractivity contribution in [3.63, 3.8) is 0 Å². The van der Waals surface area contributed by atoms with Crippen molar-refractivity contribution in [2.24, 2.45) is 0 Å². The Bertz CT molecular complexity index is 578. The van der Waals surface area contributed by atoms with Crippen LogP contribution in [0.25, 0.3) is 5.65 Å². The normalized spacial score (nSPS) is 13.7. The molecule has 2 aromatic heterocycles. The van der Waals surface area contributed by atoms with Gasteiger partial charge in [0.2, 0.25) is 0 Å². The molecule has 0 fully saturated rings. The molecule has 0 radical (unpaired) electrons. The smallest absolute Gasteiger partial charge is 0.265 e. The van der Waals surface area contributed by atoms with E-state index in [9.17, 15) is 8.78 Å².